The number of nitrogens with one attached hydrogen (secondary N) is 4. The largest absolute Gasteiger partial charge is 0.383 e. The van der Waals surface area contributed by atoms with Crippen molar-refractivity contribution in [2.75, 3.05) is 13.7 Å². The number of hydrogen-bond acceptors (Lipinski definition) is 5. The Kier molecular flexibility index (Phi) is 7.18. The van der Waals surface area contributed by atoms with Gasteiger partial charge in [-0.05, 0) is 50.2 Å². The molecule has 1 fully saturated rings. The molecule has 26 heavy (non-hydrogen) atoms. The fourth-order valence-electron chi connectivity index (χ4n) is 2.07. The zero-order chi connectivity index (χ0) is 19.3. The molecule has 0 bridgehead atoms. The molecule has 1 aromatic carbocycles. The first kappa shape index (κ1) is 20.8. The van der Waals surface area contributed by atoms with E-state index >= 15 is 0 Å². The van der Waals surface area contributed by atoms with Gasteiger partial charge in [-0.2, -0.15) is 0 Å². The zero-order valence-corrected chi connectivity index (χ0v) is 16.7. The monoisotopic (exact) mass is 420 g/mol. The lowest BCUT2D eigenvalue weighted by atomic mass is 10.2. The summed E-state index contributed by atoms with van der Waals surface area (Å²) in [5.74, 6) is -0.548. The summed E-state index contributed by atoms with van der Waals surface area (Å²) in [6.07, 6.45) is 1.60. The summed E-state index contributed by atoms with van der Waals surface area (Å²) in [5.41, 5.74) is 5.09. The summed E-state index contributed by atoms with van der Waals surface area (Å²) in [5, 5.41) is 3.17. The molecule has 1 aromatic rings. The predicted molar refractivity (Wildman–Crippen MR) is 102 cm³/mol. The molecule has 0 saturated heterocycles. The van der Waals surface area contributed by atoms with Gasteiger partial charge in [0.05, 0.1) is 11.6 Å². The van der Waals surface area contributed by atoms with Gasteiger partial charge in [-0.1, -0.05) is 11.6 Å². The summed E-state index contributed by atoms with van der Waals surface area (Å²) < 4.78 is 32.2. The van der Waals surface area contributed by atoms with Crippen molar-refractivity contribution >= 4 is 44.9 Å². The second-order valence-corrected chi connectivity index (χ2v) is 8.45. The average molecular weight is 421 g/mol. The van der Waals surface area contributed by atoms with Crippen molar-refractivity contribution in [3.63, 3.8) is 0 Å². The minimum atomic E-state index is -3.77. The zero-order valence-electron chi connectivity index (χ0n) is 14.3. The van der Waals surface area contributed by atoms with Gasteiger partial charge in [0.15, 0.2) is 5.11 Å². The molecule has 0 heterocycles. The van der Waals surface area contributed by atoms with Crippen molar-refractivity contribution in [1.82, 2.24) is 20.9 Å². The molecule has 1 aliphatic carbocycles. The Morgan fingerprint density at radius 2 is 2.08 bits per heavy atom. The van der Waals surface area contributed by atoms with Crippen molar-refractivity contribution in [1.29, 1.82) is 0 Å². The minimum Gasteiger partial charge on any atom is -0.383 e. The van der Waals surface area contributed by atoms with Crippen LogP contribution in [0.2, 0.25) is 5.02 Å². The molecule has 1 saturated carbocycles. The first-order chi connectivity index (χ1) is 12.2. The average Bonchev–Trinajstić information content (AvgIpc) is 3.36. The highest BCUT2D eigenvalue weighted by atomic mass is 35.5. The van der Waals surface area contributed by atoms with Crippen LogP contribution in [0.25, 0.3) is 0 Å². The topological polar surface area (TPSA) is 109 Å². The third-order valence-corrected chi connectivity index (χ3v) is 5.69. The van der Waals surface area contributed by atoms with Crippen molar-refractivity contribution in [2.45, 2.75) is 36.7 Å². The standard InChI is InChI=1S/C15H21ClN4O4S2/c1-9(8-24-2)17-15(25)19-18-14(21)10-3-6-12(16)13(7-10)26(22,23)20-11-4-5-11/h3,6-7,9,11,20H,4-5,8H2,1-2H3,(H,18,21)(H2,17,19,25)/t9-/m1/s1. The van der Waals surface area contributed by atoms with Crippen LogP contribution in [0.5, 0.6) is 0 Å². The van der Waals surface area contributed by atoms with Crippen LogP contribution in [-0.4, -0.2) is 45.2 Å². The van der Waals surface area contributed by atoms with E-state index in [0.717, 1.165) is 12.8 Å². The van der Waals surface area contributed by atoms with E-state index in [-0.39, 0.29) is 32.7 Å². The maximum atomic E-state index is 12.3. The maximum absolute atomic E-state index is 12.3. The lowest BCUT2D eigenvalue weighted by molar-refractivity contribution is 0.0943. The molecule has 0 spiro atoms. The molecule has 1 amide bonds. The Morgan fingerprint density at radius 3 is 2.69 bits per heavy atom. The van der Waals surface area contributed by atoms with Gasteiger partial charge < -0.3 is 10.1 Å². The van der Waals surface area contributed by atoms with Crippen LogP contribution in [0.1, 0.15) is 30.1 Å². The SMILES string of the molecule is COC[C@@H](C)NC(=S)NNC(=O)c1ccc(Cl)c(S(=O)(=O)NC2CC2)c1. The number of benzene rings is 1. The van der Waals surface area contributed by atoms with E-state index < -0.39 is 15.9 Å². The van der Waals surface area contributed by atoms with Crippen LogP contribution in [0.4, 0.5) is 0 Å². The first-order valence-corrected chi connectivity index (χ1v) is 10.2. The van der Waals surface area contributed by atoms with E-state index in [0.29, 0.717) is 6.61 Å². The van der Waals surface area contributed by atoms with Gasteiger partial charge in [0.2, 0.25) is 10.0 Å². The molecular formula is C15H21ClN4O4S2. The summed E-state index contributed by atoms with van der Waals surface area (Å²) >= 11 is 11.0. The van der Waals surface area contributed by atoms with Gasteiger partial charge in [0.25, 0.3) is 5.91 Å². The number of sulfonamides is 1. The van der Waals surface area contributed by atoms with Crippen LogP contribution in [0.15, 0.2) is 23.1 Å². The second kappa shape index (κ2) is 8.96. The van der Waals surface area contributed by atoms with Crippen molar-refractivity contribution < 1.29 is 17.9 Å². The van der Waals surface area contributed by atoms with Crippen LogP contribution < -0.4 is 20.9 Å². The van der Waals surface area contributed by atoms with Gasteiger partial charge in [-0.3, -0.25) is 15.6 Å². The normalized spacial score (nSPS) is 15.2. The molecule has 1 aliphatic rings. The van der Waals surface area contributed by atoms with E-state index in [4.69, 9.17) is 28.6 Å². The number of hydrazine groups is 1. The lowest BCUT2D eigenvalue weighted by Gasteiger charge is -2.16. The van der Waals surface area contributed by atoms with E-state index in [9.17, 15) is 13.2 Å². The number of halogens is 1. The molecule has 4 N–H and O–H groups in total. The van der Waals surface area contributed by atoms with E-state index in [2.05, 4.69) is 20.9 Å². The molecule has 8 nitrogen and oxygen atoms in total. The van der Waals surface area contributed by atoms with Crippen LogP contribution in [0.3, 0.4) is 0 Å². The van der Waals surface area contributed by atoms with Gasteiger partial charge in [-0.25, -0.2) is 13.1 Å². The number of ether oxygens (including phenoxy) is 1. The van der Waals surface area contributed by atoms with Gasteiger partial charge in [-0.15, -0.1) is 0 Å². The fourth-order valence-corrected chi connectivity index (χ4v) is 4.15. The van der Waals surface area contributed by atoms with Crippen molar-refractivity contribution in [3.05, 3.63) is 28.8 Å². The highest BCUT2D eigenvalue weighted by Crippen LogP contribution is 2.26. The number of amides is 1. The number of hydrogen-bond donors (Lipinski definition) is 4. The molecule has 144 valence electrons. The second-order valence-electron chi connectivity index (χ2n) is 5.95. The van der Waals surface area contributed by atoms with Gasteiger partial charge in [0.1, 0.15) is 4.90 Å². The number of thiocarbonyl (C=S) groups is 1. The van der Waals surface area contributed by atoms with Crippen LogP contribution >= 0.6 is 23.8 Å². The van der Waals surface area contributed by atoms with Crippen molar-refractivity contribution in [3.8, 4) is 0 Å². The lowest BCUT2D eigenvalue weighted by Crippen LogP contribution is -2.49. The molecule has 1 atom stereocenters. The highest BCUT2D eigenvalue weighted by Gasteiger charge is 2.29. The molecular weight excluding hydrogens is 400 g/mol. The third-order valence-electron chi connectivity index (χ3n) is 3.47. The Bertz CT molecular complexity index is 784. The highest BCUT2D eigenvalue weighted by molar-refractivity contribution is 7.89. The number of methoxy groups -OCH3 is 1. The number of carbonyl (C=O) groups is 1. The summed E-state index contributed by atoms with van der Waals surface area (Å²) in [6, 6.07) is 3.92. The molecule has 0 unspecified atom stereocenters. The molecule has 0 aromatic heterocycles. The molecule has 11 heteroatoms. The predicted octanol–water partition coefficient (Wildman–Crippen LogP) is 0.925. The van der Waals surface area contributed by atoms with Crippen LogP contribution in [-0.2, 0) is 14.8 Å². The smallest absolute Gasteiger partial charge is 0.269 e. The Hall–Kier alpha value is -1.46. The Balaban J connectivity index is 2.01. The van der Waals surface area contributed by atoms with Crippen molar-refractivity contribution in [2.24, 2.45) is 0 Å². The minimum absolute atomic E-state index is 0.0438. The molecule has 0 radical (unpaired) electrons. The Labute approximate surface area is 163 Å². The first-order valence-electron chi connectivity index (χ1n) is 7.90. The van der Waals surface area contributed by atoms with E-state index in [1.54, 1.807) is 7.11 Å². The van der Waals surface area contributed by atoms with Gasteiger partial charge in [0, 0.05) is 24.8 Å². The third kappa shape index (κ3) is 6.06. The summed E-state index contributed by atoms with van der Waals surface area (Å²) in [6.45, 7) is 2.31. The van der Waals surface area contributed by atoms with Crippen LogP contribution in [0, 0.1) is 0 Å². The summed E-state index contributed by atoms with van der Waals surface area (Å²) in [7, 11) is -2.20. The van der Waals surface area contributed by atoms with E-state index in [1.807, 2.05) is 6.92 Å². The number of rotatable bonds is 7. The van der Waals surface area contributed by atoms with Gasteiger partial charge >= 0.3 is 0 Å². The summed E-state index contributed by atoms with van der Waals surface area (Å²) in [4.78, 5) is 12.1. The quantitative estimate of drug-likeness (QED) is 0.383. The van der Waals surface area contributed by atoms with E-state index in [1.165, 1.54) is 18.2 Å². The molecule has 0 aliphatic heterocycles. The Morgan fingerprint density at radius 1 is 1.38 bits per heavy atom. The number of carbonyl (C=O) groups excluding carboxylic acids is 1. The maximum Gasteiger partial charge on any atom is 0.269 e. The fraction of sp³-hybridized carbons (Fsp3) is 0.467. The molecule has 2 rings (SSSR count).